The van der Waals surface area contributed by atoms with Crippen molar-refractivity contribution in [1.82, 2.24) is 19.9 Å². The monoisotopic (exact) mass is 405 g/mol. The molecule has 0 bridgehead atoms. The summed E-state index contributed by atoms with van der Waals surface area (Å²) in [5.74, 6) is -0.849. The Kier molecular flexibility index (Phi) is 5.29. The molecule has 1 heterocycles. The maximum atomic E-state index is 14.8. The molecule has 1 aromatic heterocycles. The molecule has 0 spiro atoms. The van der Waals surface area contributed by atoms with Crippen LogP contribution in [0.25, 0.3) is 11.3 Å². The fraction of sp³-hybridized carbons (Fsp3) is 0.526. The second kappa shape index (κ2) is 7.41. The van der Waals surface area contributed by atoms with Gasteiger partial charge in [0.05, 0.1) is 11.0 Å². The van der Waals surface area contributed by atoms with Crippen LogP contribution in [-0.2, 0) is 11.8 Å². The number of nitro benzene ring substituents is 1. The predicted molar refractivity (Wildman–Crippen MR) is 103 cm³/mol. The number of aryl methyl sites for hydroxylation is 1. The van der Waals surface area contributed by atoms with E-state index in [1.165, 1.54) is 21.8 Å². The Hall–Kier alpha value is -3.04. The van der Waals surface area contributed by atoms with Gasteiger partial charge in [-0.05, 0) is 45.6 Å². The summed E-state index contributed by atoms with van der Waals surface area (Å²) in [5, 5.41) is 19.8. The minimum Gasteiger partial charge on any atom is -0.444 e. The lowest BCUT2D eigenvalue weighted by Crippen LogP contribution is -2.37. The second-order valence-corrected chi connectivity index (χ2v) is 8.19. The molecule has 1 saturated carbocycles. The summed E-state index contributed by atoms with van der Waals surface area (Å²) >= 11 is 0. The van der Waals surface area contributed by atoms with E-state index in [1.807, 2.05) is 0 Å². The van der Waals surface area contributed by atoms with Crippen molar-refractivity contribution in [3.63, 3.8) is 0 Å². The number of carbonyl (C=O) groups is 1. The van der Waals surface area contributed by atoms with Gasteiger partial charge in [-0.2, -0.15) is 19.4 Å². The van der Waals surface area contributed by atoms with E-state index in [2.05, 4.69) is 10.2 Å². The number of halogens is 1. The van der Waals surface area contributed by atoms with E-state index in [-0.39, 0.29) is 17.2 Å². The summed E-state index contributed by atoms with van der Waals surface area (Å²) < 4.78 is 20.3. The average molecular weight is 405 g/mol. The van der Waals surface area contributed by atoms with Crippen molar-refractivity contribution >= 4 is 11.8 Å². The van der Waals surface area contributed by atoms with Crippen LogP contribution in [0.2, 0.25) is 0 Å². The highest BCUT2D eigenvalue weighted by atomic mass is 19.1. The van der Waals surface area contributed by atoms with E-state index in [1.54, 1.807) is 34.9 Å². The Morgan fingerprint density at radius 3 is 2.59 bits per heavy atom. The highest BCUT2D eigenvalue weighted by Crippen LogP contribution is 2.46. The maximum absolute atomic E-state index is 14.8. The normalized spacial score (nSPS) is 15.1. The van der Waals surface area contributed by atoms with Gasteiger partial charge in [0.15, 0.2) is 0 Å². The van der Waals surface area contributed by atoms with Crippen LogP contribution < -0.4 is 0 Å². The van der Waals surface area contributed by atoms with Gasteiger partial charge in [0.25, 0.3) is 0 Å². The van der Waals surface area contributed by atoms with E-state index in [9.17, 15) is 19.3 Å². The minimum atomic E-state index is -0.978. The Labute approximate surface area is 167 Å². The third kappa shape index (κ3) is 4.36. The van der Waals surface area contributed by atoms with Crippen molar-refractivity contribution < 1.29 is 18.8 Å². The van der Waals surface area contributed by atoms with Crippen LogP contribution in [0.15, 0.2) is 18.2 Å². The molecule has 0 N–H and O–H groups in total. The predicted octanol–water partition coefficient (Wildman–Crippen LogP) is 3.85. The van der Waals surface area contributed by atoms with Gasteiger partial charge < -0.3 is 9.64 Å². The van der Waals surface area contributed by atoms with Gasteiger partial charge in [-0.1, -0.05) is 6.07 Å². The van der Waals surface area contributed by atoms with Gasteiger partial charge in [0.2, 0.25) is 5.82 Å². The molecule has 2 aromatic rings. The number of carbonyl (C=O) groups excluding carboxylic acids is 1. The SMILES string of the molecule is CN(C(=O)OC(C)(C)C)C(c1nn(C)nc1-c1cccc([N+](=O)[O-])c1F)C1CC1. The molecule has 29 heavy (non-hydrogen) atoms. The van der Waals surface area contributed by atoms with E-state index in [4.69, 9.17) is 4.74 Å². The molecular formula is C19H24FN5O4. The number of amides is 1. The van der Waals surface area contributed by atoms with Gasteiger partial charge >= 0.3 is 11.8 Å². The molecular weight excluding hydrogens is 381 g/mol. The molecule has 9 nitrogen and oxygen atoms in total. The quantitative estimate of drug-likeness (QED) is 0.553. The number of aromatic nitrogens is 3. The molecule has 1 unspecified atom stereocenters. The first-order chi connectivity index (χ1) is 13.5. The van der Waals surface area contributed by atoms with E-state index >= 15 is 0 Å². The number of nitro groups is 1. The lowest BCUT2D eigenvalue weighted by atomic mass is 10.0. The average Bonchev–Trinajstić information content (AvgIpc) is 3.36. The zero-order valence-corrected chi connectivity index (χ0v) is 17.0. The first-order valence-electron chi connectivity index (χ1n) is 9.30. The summed E-state index contributed by atoms with van der Waals surface area (Å²) in [6.45, 7) is 5.32. The third-order valence-corrected chi connectivity index (χ3v) is 4.62. The van der Waals surface area contributed by atoms with Crippen LogP contribution in [0.3, 0.4) is 0 Å². The Morgan fingerprint density at radius 1 is 1.38 bits per heavy atom. The Balaban J connectivity index is 2.06. The van der Waals surface area contributed by atoms with Gasteiger partial charge in [-0.15, -0.1) is 0 Å². The molecule has 1 aliphatic carbocycles. The van der Waals surface area contributed by atoms with Crippen molar-refractivity contribution in [2.24, 2.45) is 13.0 Å². The third-order valence-electron chi connectivity index (χ3n) is 4.62. The lowest BCUT2D eigenvalue weighted by molar-refractivity contribution is -0.387. The number of hydrogen-bond donors (Lipinski definition) is 0. The second-order valence-electron chi connectivity index (χ2n) is 8.19. The molecule has 0 aliphatic heterocycles. The van der Waals surface area contributed by atoms with Crippen LogP contribution in [0.4, 0.5) is 14.9 Å². The molecule has 1 atom stereocenters. The number of ether oxygens (including phenoxy) is 1. The van der Waals surface area contributed by atoms with Crippen LogP contribution in [0.5, 0.6) is 0 Å². The van der Waals surface area contributed by atoms with Crippen molar-refractivity contribution in [3.8, 4) is 11.3 Å². The fourth-order valence-corrected chi connectivity index (χ4v) is 3.24. The zero-order chi connectivity index (χ0) is 21.5. The van der Waals surface area contributed by atoms with E-state index in [0.717, 1.165) is 18.9 Å². The van der Waals surface area contributed by atoms with Crippen LogP contribution in [0.1, 0.15) is 45.3 Å². The number of rotatable bonds is 5. The van der Waals surface area contributed by atoms with Gasteiger partial charge in [-0.25, -0.2) is 4.79 Å². The summed E-state index contributed by atoms with van der Waals surface area (Å²) in [4.78, 5) is 25.7. The fourth-order valence-electron chi connectivity index (χ4n) is 3.24. The van der Waals surface area contributed by atoms with E-state index < -0.39 is 34.2 Å². The molecule has 0 saturated heterocycles. The summed E-state index contributed by atoms with van der Waals surface area (Å²) in [6.07, 6.45) is 1.24. The molecule has 0 radical (unpaired) electrons. The summed E-state index contributed by atoms with van der Waals surface area (Å²) in [7, 11) is 3.19. The largest absolute Gasteiger partial charge is 0.444 e. The highest BCUT2D eigenvalue weighted by molar-refractivity contribution is 5.71. The molecule has 156 valence electrons. The van der Waals surface area contributed by atoms with Crippen LogP contribution >= 0.6 is 0 Å². The standard InChI is InChI=1S/C19H24FN5O4/c1-19(2,3)29-18(26)23(4)17(11-9-10-11)16-15(21-24(5)22-16)12-7-6-8-13(14(12)20)25(27)28/h6-8,11,17H,9-10H2,1-5H3. The Bertz CT molecular complexity index is 949. The van der Waals surface area contributed by atoms with Gasteiger partial charge in [0, 0.05) is 25.7 Å². The molecule has 1 fully saturated rings. The smallest absolute Gasteiger partial charge is 0.410 e. The Morgan fingerprint density at radius 2 is 2.03 bits per heavy atom. The van der Waals surface area contributed by atoms with Crippen molar-refractivity contribution in [1.29, 1.82) is 0 Å². The van der Waals surface area contributed by atoms with Gasteiger partial charge in [0.1, 0.15) is 17.0 Å². The summed E-state index contributed by atoms with van der Waals surface area (Å²) in [6, 6.07) is 3.44. The van der Waals surface area contributed by atoms with Gasteiger partial charge in [-0.3, -0.25) is 10.1 Å². The van der Waals surface area contributed by atoms with Crippen LogP contribution in [-0.4, -0.2) is 43.6 Å². The maximum Gasteiger partial charge on any atom is 0.410 e. The highest BCUT2D eigenvalue weighted by Gasteiger charge is 2.42. The first-order valence-corrected chi connectivity index (χ1v) is 9.30. The number of benzene rings is 1. The van der Waals surface area contributed by atoms with Crippen LogP contribution in [0, 0.1) is 21.8 Å². The number of nitrogens with zero attached hydrogens (tertiary/aromatic N) is 5. The van der Waals surface area contributed by atoms with E-state index in [0.29, 0.717) is 5.69 Å². The molecule has 1 aromatic carbocycles. The van der Waals surface area contributed by atoms with Crippen molar-refractivity contribution in [2.45, 2.75) is 45.3 Å². The van der Waals surface area contributed by atoms with Crippen molar-refractivity contribution in [2.75, 3.05) is 7.05 Å². The molecule has 3 rings (SSSR count). The molecule has 10 heteroatoms. The topological polar surface area (TPSA) is 103 Å². The molecule has 1 aliphatic rings. The van der Waals surface area contributed by atoms with Crippen molar-refractivity contribution in [3.05, 3.63) is 39.8 Å². The summed E-state index contributed by atoms with van der Waals surface area (Å²) in [5.41, 5.74) is -0.756. The molecule has 1 amide bonds. The minimum absolute atomic E-state index is 0.0226. The number of hydrogen-bond acceptors (Lipinski definition) is 6. The first kappa shape index (κ1) is 20.7. The zero-order valence-electron chi connectivity index (χ0n) is 17.0. The lowest BCUT2D eigenvalue weighted by Gasteiger charge is -2.30.